The molecule has 0 radical (unpaired) electrons. The number of thiophene rings is 1. The highest BCUT2D eigenvalue weighted by atomic mass is 32.1. The van der Waals surface area contributed by atoms with Crippen molar-refractivity contribution in [2.24, 2.45) is 0 Å². The Kier molecular flexibility index (Phi) is 3.28. The Labute approximate surface area is 129 Å². The maximum absolute atomic E-state index is 2.51. The molecule has 106 valence electrons. The molecule has 0 saturated heterocycles. The number of aryl methyl sites for hydroxylation is 1. The fourth-order valence-corrected chi connectivity index (χ4v) is 4.67. The summed E-state index contributed by atoms with van der Waals surface area (Å²) in [5.74, 6) is 0. The van der Waals surface area contributed by atoms with E-state index in [1.165, 1.54) is 38.9 Å². The predicted octanol–water partition coefficient (Wildman–Crippen LogP) is 4.87. The van der Waals surface area contributed by atoms with Gasteiger partial charge in [-0.25, -0.2) is 0 Å². The van der Waals surface area contributed by atoms with E-state index in [1.54, 1.807) is 0 Å². The maximum atomic E-state index is 2.51. The first-order valence-corrected chi connectivity index (χ1v) is 8.41. The highest BCUT2D eigenvalue weighted by molar-refractivity contribution is 7.19. The molecule has 1 unspecified atom stereocenters. The summed E-state index contributed by atoms with van der Waals surface area (Å²) in [6.07, 6.45) is 2.44. The molecule has 1 nitrogen and oxygen atoms in total. The summed E-state index contributed by atoms with van der Waals surface area (Å²) in [7, 11) is 2.26. The summed E-state index contributed by atoms with van der Waals surface area (Å²) in [5, 5.41) is 1.37. The van der Waals surface area contributed by atoms with E-state index in [-0.39, 0.29) is 0 Å². The van der Waals surface area contributed by atoms with Gasteiger partial charge < -0.3 is 0 Å². The smallest absolute Gasteiger partial charge is 0.0696 e. The first-order valence-electron chi connectivity index (χ1n) is 7.59. The van der Waals surface area contributed by atoms with E-state index in [9.17, 15) is 0 Å². The second-order valence-corrected chi connectivity index (χ2v) is 6.99. The standard InChI is InChI=1S/C19H19NS/c1-20-12-6-9-14-7-2-4-10-16(14)19(20)18-13-15-8-3-5-11-17(15)21-18/h2-5,7-8,10-11,13,19H,6,9,12H2,1H3. The van der Waals surface area contributed by atoms with Crippen LogP contribution in [0.2, 0.25) is 0 Å². The Morgan fingerprint density at radius 3 is 2.76 bits per heavy atom. The summed E-state index contributed by atoms with van der Waals surface area (Å²) >= 11 is 1.94. The maximum Gasteiger partial charge on any atom is 0.0696 e. The van der Waals surface area contributed by atoms with Crippen LogP contribution in [0, 0.1) is 0 Å². The molecule has 0 fully saturated rings. The van der Waals surface area contributed by atoms with Crippen LogP contribution in [0.4, 0.5) is 0 Å². The molecule has 2 aromatic carbocycles. The van der Waals surface area contributed by atoms with Crippen molar-refractivity contribution in [1.29, 1.82) is 0 Å². The van der Waals surface area contributed by atoms with Crippen LogP contribution >= 0.6 is 11.3 Å². The molecule has 4 rings (SSSR count). The van der Waals surface area contributed by atoms with Crippen LogP contribution in [-0.2, 0) is 6.42 Å². The molecule has 0 bridgehead atoms. The van der Waals surface area contributed by atoms with Gasteiger partial charge in [-0.2, -0.15) is 0 Å². The van der Waals surface area contributed by atoms with Crippen molar-refractivity contribution in [2.75, 3.05) is 13.6 Å². The molecule has 0 saturated carbocycles. The lowest BCUT2D eigenvalue weighted by Crippen LogP contribution is -2.24. The van der Waals surface area contributed by atoms with Crippen LogP contribution in [0.1, 0.15) is 28.5 Å². The largest absolute Gasteiger partial charge is 0.295 e. The molecule has 0 amide bonds. The number of rotatable bonds is 1. The van der Waals surface area contributed by atoms with E-state index >= 15 is 0 Å². The van der Waals surface area contributed by atoms with Crippen LogP contribution in [0.5, 0.6) is 0 Å². The van der Waals surface area contributed by atoms with Crippen LogP contribution in [0.3, 0.4) is 0 Å². The van der Waals surface area contributed by atoms with E-state index in [1.807, 2.05) is 11.3 Å². The van der Waals surface area contributed by atoms with Crippen LogP contribution in [-0.4, -0.2) is 18.5 Å². The van der Waals surface area contributed by atoms with Crippen LogP contribution in [0.15, 0.2) is 54.6 Å². The van der Waals surface area contributed by atoms with E-state index in [0.717, 1.165) is 6.54 Å². The van der Waals surface area contributed by atoms with Gasteiger partial charge in [0.1, 0.15) is 0 Å². The number of fused-ring (bicyclic) bond motifs is 2. The van der Waals surface area contributed by atoms with Gasteiger partial charge >= 0.3 is 0 Å². The minimum absolute atomic E-state index is 0.404. The van der Waals surface area contributed by atoms with Crippen molar-refractivity contribution in [3.63, 3.8) is 0 Å². The fraction of sp³-hybridized carbons (Fsp3) is 0.263. The average molecular weight is 293 g/mol. The molecule has 1 aliphatic heterocycles. The van der Waals surface area contributed by atoms with Crippen molar-refractivity contribution in [1.82, 2.24) is 4.90 Å². The Bertz CT molecular complexity index is 741. The summed E-state index contributed by atoms with van der Waals surface area (Å²) in [6.45, 7) is 1.16. The minimum atomic E-state index is 0.404. The third kappa shape index (κ3) is 2.29. The molecular weight excluding hydrogens is 274 g/mol. The van der Waals surface area contributed by atoms with E-state index in [0.29, 0.717) is 6.04 Å². The zero-order valence-electron chi connectivity index (χ0n) is 12.3. The summed E-state index contributed by atoms with van der Waals surface area (Å²) < 4.78 is 1.39. The highest BCUT2D eigenvalue weighted by Gasteiger charge is 2.25. The zero-order chi connectivity index (χ0) is 14.2. The van der Waals surface area contributed by atoms with Crippen molar-refractivity contribution in [3.8, 4) is 0 Å². The van der Waals surface area contributed by atoms with Crippen molar-refractivity contribution >= 4 is 21.4 Å². The number of hydrogen-bond donors (Lipinski definition) is 0. The highest BCUT2D eigenvalue weighted by Crippen LogP contribution is 2.38. The molecule has 21 heavy (non-hydrogen) atoms. The first kappa shape index (κ1) is 13.1. The van der Waals surface area contributed by atoms with Gasteiger partial charge in [-0.3, -0.25) is 4.90 Å². The Morgan fingerprint density at radius 1 is 1.05 bits per heavy atom. The summed E-state index contributed by atoms with van der Waals surface area (Å²) in [6, 6.07) is 20.5. The molecule has 2 heteroatoms. The second-order valence-electron chi connectivity index (χ2n) is 5.87. The second kappa shape index (κ2) is 5.28. The summed E-state index contributed by atoms with van der Waals surface area (Å²) in [5.41, 5.74) is 3.01. The third-order valence-electron chi connectivity index (χ3n) is 4.46. The van der Waals surface area contributed by atoms with Gasteiger partial charge in [0.05, 0.1) is 6.04 Å². The van der Waals surface area contributed by atoms with Gasteiger partial charge in [0, 0.05) is 9.58 Å². The molecule has 1 atom stereocenters. The van der Waals surface area contributed by atoms with Crippen LogP contribution in [0.25, 0.3) is 10.1 Å². The molecule has 3 aromatic rings. The third-order valence-corrected chi connectivity index (χ3v) is 5.63. The Hall–Kier alpha value is -1.64. The average Bonchev–Trinajstić information content (AvgIpc) is 2.84. The molecule has 1 aliphatic rings. The lowest BCUT2D eigenvalue weighted by Gasteiger charge is -2.26. The van der Waals surface area contributed by atoms with Crippen molar-refractivity contribution < 1.29 is 0 Å². The van der Waals surface area contributed by atoms with Gasteiger partial charge in [-0.05, 0) is 55.1 Å². The SMILES string of the molecule is CN1CCCc2ccccc2C1c1cc2ccccc2s1. The molecule has 0 spiro atoms. The van der Waals surface area contributed by atoms with E-state index < -0.39 is 0 Å². The Morgan fingerprint density at radius 2 is 1.86 bits per heavy atom. The van der Waals surface area contributed by atoms with E-state index in [4.69, 9.17) is 0 Å². The molecule has 0 N–H and O–H groups in total. The zero-order valence-corrected chi connectivity index (χ0v) is 13.1. The molecule has 2 heterocycles. The van der Waals surface area contributed by atoms with Gasteiger partial charge in [-0.15, -0.1) is 11.3 Å². The quantitative estimate of drug-likeness (QED) is 0.619. The number of benzene rings is 2. The molecular formula is C19H19NS. The summed E-state index contributed by atoms with van der Waals surface area (Å²) in [4.78, 5) is 3.98. The first-order chi connectivity index (χ1) is 10.3. The van der Waals surface area contributed by atoms with Gasteiger partial charge in [-0.1, -0.05) is 42.5 Å². The van der Waals surface area contributed by atoms with Gasteiger partial charge in [0.2, 0.25) is 0 Å². The van der Waals surface area contributed by atoms with Crippen molar-refractivity contribution in [2.45, 2.75) is 18.9 Å². The lowest BCUT2D eigenvalue weighted by atomic mass is 9.97. The monoisotopic (exact) mass is 293 g/mol. The predicted molar refractivity (Wildman–Crippen MR) is 91.1 cm³/mol. The molecule has 0 aliphatic carbocycles. The minimum Gasteiger partial charge on any atom is -0.295 e. The lowest BCUT2D eigenvalue weighted by molar-refractivity contribution is 0.288. The van der Waals surface area contributed by atoms with E-state index in [2.05, 4.69) is 66.5 Å². The fourth-order valence-electron chi connectivity index (χ4n) is 3.42. The normalized spacial score (nSPS) is 19.4. The topological polar surface area (TPSA) is 3.24 Å². The van der Waals surface area contributed by atoms with Crippen LogP contribution < -0.4 is 0 Å². The van der Waals surface area contributed by atoms with Gasteiger partial charge in [0.25, 0.3) is 0 Å². The number of nitrogens with zero attached hydrogens (tertiary/aromatic N) is 1. The number of hydrogen-bond acceptors (Lipinski definition) is 2. The van der Waals surface area contributed by atoms with Gasteiger partial charge in [0.15, 0.2) is 0 Å². The molecule has 1 aromatic heterocycles. The van der Waals surface area contributed by atoms with Crippen molar-refractivity contribution in [3.05, 3.63) is 70.6 Å². The Balaban J connectivity index is 1.88.